The SMILES string of the molecule is CCC(C)C1NC(=O)C(C)N(C2CCCC2C)C1=O. The molecule has 2 rings (SSSR count). The van der Waals surface area contributed by atoms with E-state index in [1.807, 2.05) is 18.7 Å². The van der Waals surface area contributed by atoms with Gasteiger partial charge in [-0.1, -0.05) is 33.6 Å². The Morgan fingerprint density at radius 1 is 1.32 bits per heavy atom. The summed E-state index contributed by atoms with van der Waals surface area (Å²) in [6, 6.07) is -0.403. The normalized spacial score (nSPS) is 37.4. The van der Waals surface area contributed by atoms with Gasteiger partial charge in [0.1, 0.15) is 12.1 Å². The highest BCUT2D eigenvalue weighted by Gasteiger charge is 2.45. The Labute approximate surface area is 115 Å². The van der Waals surface area contributed by atoms with Gasteiger partial charge in [-0.25, -0.2) is 0 Å². The van der Waals surface area contributed by atoms with Gasteiger partial charge in [0, 0.05) is 6.04 Å². The molecule has 108 valence electrons. The fourth-order valence-corrected chi connectivity index (χ4v) is 3.42. The Hall–Kier alpha value is -1.06. The molecule has 4 nitrogen and oxygen atoms in total. The van der Waals surface area contributed by atoms with E-state index in [1.165, 1.54) is 0 Å². The van der Waals surface area contributed by atoms with E-state index in [4.69, 9.17) is 0 Å². The lowest BCUT2D eigenvalue weighted by Gasteiger charge is -2.43. The zero-order valence-electron chi connectivity index (χ0n) is 12.5. The topological polar surface area (TPSA) is 49.4 Å². The minimum Gasteiger partial charge on any atom is -0.342 e. The van der Waals surface area contributed by atoms with Crippen LogP contribution in [0.1, 0.15) is 53.4 Å². The summed E-state index contributed by atoms with van der Waals surface area (Å²) >= 11 is 0. The van der Waals surface area contributed by atoms with Crippen molar-refractivity contribution in [1.82, 2.24) is 10.2 Å². The number of carbonyl (C=O) groups is 2. The number of nitrogens with zero attached hydrogens (tertiary/aromatic N) is 1. The quantitative estimate of drug-likeness (QED) is 0.848. The van der Waals surface area contributed by atoms with E-state index in [9.17, 15) is 9.59 Å². The summed E-state index contributed by atoms with van der Waals surface area (Å²) in [6.45, 7) is 8.15. The van der Waals surface area contributed by atoms with Crippen LogP contribution in [-0.4, -0.2) is 34.8 Å². The van der Waals surface area contributed by atoms with Gasteiger partial charge >= 0.3 is 0 Å². The first-order valence-corrected chi connectivity index (χ1v) is 7.59. The van der Waals surface area contributed by atoms with Crippen LogP contribution in [0.15, 0.2) is 0 Å². The van der Waals surface area contributed by atoms with Crippen LogP contribution in [-0.2, 0) is 9.59 Å². The van der Waals surface area contributed by atoms with Crippen molar-refractivity contribution in [3.05, 3.63) is 0 Å². The maximum Gasteiger partial charge on any atom is 0.246 e. The number of hydrogen-bond acceptors (Lipinski definition) is 2. The van der Waals surface area contributed by atoms with E-state index in [1.54, 1.807) is 0 Å². The van der Waals surface area contributed by atoms with Crippen molar-refractivity contribution in [1.29, 1.82) is 0 Å². The Bertz CT molecular complexity index is 369. The highest BCUT2D eigenvalue weighted by atomic mass is 16.2. The summed E-state index contributed by atoms with van der Waals surface area (Å²) < 4.78 is 0. The number of nitrogens with one attached hydrogen (secondary N) is 1. The van der Waals surface area contributed by atoms with E-state index in [0.717, 1.165) is 25.7 Å². The van der Waals surface area contributed by atoms with Gasteiger partial charge in [0.15, 0.2) is 0 Å². The standard InChI is InChI=1S/C15H26N2O2/c1-5-9(2)13-15(19)17(11(4)14(18)16-13)12-8-6-7-10(12)3/h9-13H,5-8H2,1-4H3,(H,16,18). The molecule has 4 heteroatoms. The molecule has 1 aliphatic carbocycles. The molecule has 0 radical (unpaired) electrons. The third-order valence-electron chi connectivity index (χ3n) is 5.00. The van der Waals surface area contributed by atoms with E-state index in [-0.39, 0.29) is 35.9 Å². The summed E-state index contributed by atoms with van der Waals surface area (Å²) in [5.74, 6) is 0.835. The second-order valence-electron chi connectivity index (χ2n) is 6.27. The van der Waals surface area contributed by atoms with E-state index in [2.05, 4.69) is 19.2 Å². The minimum absolute atomic E-state index is 0.00370. The van der Waals surface area contributed by atoms with Crippen LogP contribution in [0.3, 0.4) is 0 Å². The molecular weight excluding hydrogens is 240 g/mol. The molecule has 1 N–H and O–H groups in total. The Morgan fingerprint density at radius 3 is 2.53 bits per heavy atom. The molecule has 0 spiro atoms. The van der Waals surface area contributed by atoms with Crippen LogP contribution in [0.5, 0.6) is 0 Å². The van der Waals surface area contributed by atoms with E-state index in [0.29, 0.717) is 5.92 Å². The second kappa shape index (κ2) is 5.51. The molecular formula is C15H26N2O2. The fourth-order valence-electron chi connectivity index (χ4n) is 3.42. The molecule has 0 aromatic carbocycles. The van der Waals surface area contributed by atoms with Gasteiger partial charge in [-0.05, 0) is 31.6 Å². The number of amides is 2. The van der Waals surface area contributed by atoms with Gasteiger partial charge in [-0.3, -0.25) is 9.59 Å². The first-order valence-electron chi connectivity index (χ1n) is 7.59. The minimum atomic E-state index is -0.332. The lowest BCUT2D eigenvalue weighted by atomic mass is 9.92. The number of piperazine rings is 1. The number of carbonyl (C=O) groups excluding carboxylic acids is 2. The summed E-state index contributed by atoms with van der Waals surface area (Å²) in [4.78, 5) is 26.7. The van der Waals surface area contributed by atoms with Crippen molar-refractivity contribution in [3.8, 4) is 0 Å². The number of rotatable bonds is 3. The van der Waals surface area contributed by atoms with Gasteiger partial charge in [0.2, 0.25) is 11.8 Å². The van der Waals surface area contributed by atoms with E-state index >= 15 is 0 Å². The average molecular weight is 266 g/mol. The molecule has 1 saturated heterocycles. The van der Waals surface area contributed by atoms with Crippen LogP contribution in [0.25, 0.3) is 0 Å². The smallest absolute Gasteiger partial charge is 0.246 e. The van der Waals surface area contributed by atoms with Gasteiger partial charge in [-0.15, -0.1) is 0 Å². The lowest BCUT2D eigenvalue weighted by Crippen LogP contribution is -2.66. The molecule has 1 saturated carbocycles. The molecule has 0 aromatic rings. The molecule has 5 unspecified atom stereocenters. The Balaban J connectivity index is 2.23. The molecule has 1 heterocycles. The lowest BCUT2D eigenvalue weighted by molar-refractivity contribution is -0.153. The van der Waals surface area contributed by atoms with Gasteiger partial charge < -0.3 is 10.2 Å². The molecule has 1 aliphatic heterocycles. The largest absolute Gasteiger partial charge is 0.342 e. The van der Waals surface area contributed by atoms with Crippen molar-refractivity contribution >= 4 is 11.8 Å². The summed E-state index contributed by atoms with van der Waals surface area (Å²) in [5.41, 5.74) is 0. The maximum atomic E-state index is 12.7. The summed E-state index contributed by atoms with van der Waals surface area (Å²) in [5, 5.41) is 2.90. The molecule has 0 aromatic heterocycles. The van der Waals surface area contributed by atoms with Gasteiger partial charge in [0.25, 0.3) is 0 Å². The molecule has 5 atom stereocenters. The molecule has 2 amide bonds. The second-order valence-corrected chi connectivity index (χ2v) is 6.27. The van der Waals surface area contributed by atoms with Crippen molar-refractivity contribution in [2.45, 2.75) is 71.5 Å². The van der Waals surface area contributed by atoms with Gasteiger partial charge in [0.05, 0.1) is 0 Å². The molecule has 2 aliphatic rings. The number of hydrogen-bond donors (Lipinski definition) is 1. The van der Waals surface area contributed by atoms with Crippen molar-refractivity contribution < 1.29 is 9.59 Å². The van der Waals surface area contributed by atoms with Crippen LogP contribution < -0.4 is 5.32 Å². The van der Waals surface area contributed by atoms with Crippen molar-refractivity contribution in [2.24, 2.45) is 11.8 Å². The molecule has 0 bridgehead atoms. The molecule has 19 heavy (non-hydrogen) atoms. The summed E-state index contributed by atoms with van der Waals surface area (Å²) in [7, 11) is 0. The Kier molecular flexibility index (Phi) is 4.16. The third kappa shape index (κ3) is 2.49. The highest BCUT2D eigenvalue weighted by Crippen LogP contribution is 2.33. The van der Waals surface area contributed by atoms with Crippen molar-refractivity contribution in [3.63, 3.8) is 0 Å². The van der Waals surface area contributed by atoms with Crippen LogP contribution >= 0.6 is 0 Å². The van der Waals surface area contributed by atoms with Gasteiger partial charge in [-0.2, -0.15) is 0 Å². The average Bonchev–Trinajstić information content (AvgIpc) is 2.80. The predicted molar refractivity (Wildman–Crippen MR) is 74.5 cm³/mol. The van der Waals surface area contributed by atoms with E-state index < -0.39 is 0 Å². The molecule has 2 fully saturated rings. The maximum absolute atomic E-state index is 12.7. The Morgan fingerprint density at radius 2 is 2.00 bits per heavy atom. The van der Waals surface area contributed by atoms with Crippen molar-refractivity contribution in [2.75, 3.05) is 0 Å². The van der Waals surface area contributed by atoms with Crippen LogP contribution in [0.2, 0.25) is 0 Å². The zero-order valence-corrected chi connectivity index (χ0v) is 12.5. The fraction of sp³-hybridized carbons (Fsp3) is 0.867. The highest BCUT2D eigenvalue weighted by molar-refractivity contribution is 5.97. The first kappa shape index (κ1) is 14.4. The monoisotopic (exact) mass is 266 g/mol. The predicted octanol–water partition coefficient (Wildman–Crippen LogP) is 1.94. The van der Waals surface area contributed by atoms with Crippen LogP contribution in [0, 0.1) is 11.8 Å². The zero-order chi connectivity index (χ0) is 14.2. The first-order chi connectivity index (χ1) is 8.97. The summed E-state index contributed by atoms with van der Waals surface area (Å²) in [6.07, 6.45) is 4.27. The van der Waals surface area contributed by atoms with Crippen LogP contribution in [0.4, 0.5) is 0 Å². The third-order valence-corrected chi connectivity index (χ3v) is 5.00.